The molecule has 0 saturated carbocycles. The van der Waals surface area contributed by atoms with Gasteiger partial charge in [-0.25, -0.2) is 18.0 Å². The van der Waals surface area contributed by atoms with Crippen LogP contribution >= 0.6 is 0 Å². The van der Waals surface area contributed by atoms with E-state index in [2.05, 4.69) is 4.72 Å². The van der Waals surface area contributed by atoms with Crippen LogP contribution in [-0.4, -0.2) is 32.4 Å². The van der Waals surface area contributed by atoms with Crippen LogP contribution in [0.15, 0.2) is 47.4 Å². The normalized spacial score (nSPS) is 12.0. The molecule has 0 spiro atoms. The monoisotopic (exact) mass is 419 g/mol. The van der Waals surface area contributed by atoms with Crippen molar-refractivity contribution in [3.8, 4) is 0 Å². The van der Waals surface area contributed by atoms with Crippen molar-refractivity contribution in [1.82, 2.24) is 5.32 Å². The molecule has 0 aliphatic heterocycles. The van der Waals surface area contributed by atoms with Gasteiger partial charge in [-0.1, -0.05) is 12.1 Å². The van der Waals surface area contributed by atoms with Crippen molar-refractivity contribution in [3.63, 3.8) is 0 Å². The van der Waals surface area contributed by atoms with Gasteiger partial charge in [-0.15, -0.1) is 0 Å². The van der Waals surface area contributed by atoms with Crippen LogP contribution in [0.3, 0.4) is 0 Å². The van der Waals surface area contributed by atoms with Crippen LogP contribution in [0.1, 0.15) is 28.4 Å². The first kappa shape index (κ1) is 21.9. The lowest BCUT2D eigenvalue weighted by Crippen LogP contribution is -2.42. The summed E-state index contributed by atoms with van der Waals surface area (Å²) in [4.78, 5) is 34.3. The summed E-state index contributed by atoms with van der Waals surface area (Å²) in [6.07, 6.45) is -1.26. The maximum Gasteiger partial charge on any atom is 0.338 e. The third-order valence-electron chi connectivity index (χ3n) is 4.15. The predicted molar refractivity (Wildman–Crippen MR) is 106 cm³/mol. The molecule has 0 fully saturated rings. The van der Waals surface area contributed by atoms with Gasteiger partial charge in [0.15, 0.2) is 6.10 Å². The Balaban J connectivity index is 2.12. The molecular weight excluding hydrogens is 398 g/mol. The number of anilines is 1. The van der Waals surface area contributed by atoms with E-state index in [4.69, 9.17) is 10.5 Å². The van der Waals surface area contributed by atoms with Crippen LogP contribution in [0.25, 0.3) is 0 Å². The van der Waals surface area contributed by atoms with E-state index in [1.54, 1.807) is 17.4 Å². The Labute approximate surface area is 168 Å². The zero-order valence-electron chi connectivity index (χ0n) is 16.1. The summed E-state index contributed by atoms with van der Waals surface area (Å²) in [5.41, 5.74) is 7.07. The quantitative estimate of drug-likeness (QED) is 0.609. The van der Waals surface area contributed by atoms with E-state index in [0.717, 1.165) is 11.1 Å². The molecule has 1 unspecified atom stereocenters. The number of imide groups is 1. The Bertz CT molecular complexity index is 1050. The van der Waals surface area contributed by atoms with Crippen molar-refractivity contribution in [2.24, 2.45) is 5.73 Å². The number of rotatable bonds is 6. The zero-order chi connectivity index (χ0) is 21.8. The predicted octanol–water partition coefficient (Wildman–Crippen LogP) is 1.84. The average Bonchev–Trinajstić information content (AvgIpc) is 2.64. The van der Waals surface area contributed by atoms with Crippen molar-refractivity contribution in [1.29, 1.82) is 0 Å². The fraction of sp³-hybridized carbons (Fsp3) is 0.211. The van der Waals surface area contributed by atoms with Gasteiger partial charge >= 0.3 is 12.0 Å². The highest BCUT2D eigenvalue weighted by molar-refractivity contribution is 7.92. The number of carbonyl (C=O) groups is 3. The zero-order valence-corrected chi connectivity index (χ0v) is 16.9. The minimum atomic E-state index is -3.86. The Morgan fingerprint density at radius 3 is 2.24 bits per heavy atom. The summed E-state index contributed by atoms with van der Waals surface area (Å²) in [5.74, 6) is -1.73. The molecule has 2 aromatic rings. The Kier molecular flexibility index (Phi) is 6.60. The number of ether oxygens (including phenoxy) is 1. The molecule has 154 valence electrons. The highest BCUT2D eigenvalue weighted by atomic mass is 32.2. The second kappa shape index (κ2) is 8.74. The van der Waals surface area contributed by atoms with Gasteiger partial charge in [-0.2, -0.15) is 0 Å². The number of sulfonamides is 1. The molecule has 0 aromatic heterocycles. The van der Waals surface area contributed by atoms with Gasteiger partial charge in [0, 0.05) is 0 Å². The van der Waals surface area contributed by atoms with Crippen molar-refractivity contribution in [2.45, 2.75) is 31.8 Å². The number of hydrogen-bond acceptors (Lipinski definition) is 6. The molecule has 4 N–H and O–H groups in total. The molecule has 0 aliphatic rings. The summed E-state index contributed by atoms with van der Waals surface area (Å²) in [6, 6.07) is 9.23. The largest absolute Gasteiger partial charge is 0.449 e. The Morgan fingerprint density at radius 1 is 1.03 bits per heavy atom. The van der Waals surface area contributed by atoms with Crippen LogP contribution in [0.4, 0.5) is 10.5 Å². The number of benzene rings is 2. The van der Waals surface area contributed by atoms with Gasteiger partial charge in [0.05, 0.1) is 16.1 Å². The first-order chi connectivity index (χ1) is 13.5. The molecular formula is C19H21N3O6S. The van der Waals surface area contributed by atoms with Gasteiger partial charge < -0.3 is 10.5 Å². The molecule has 0 bridgehead atoms. The van der Waals surface area contributed by atoms with E-state index in [1.807, 2.05) is 19.9 Å². The number of nitrogens with two attached hydrogens (primary N) is 1. The summed E-state index contributed by atoms with van der Waals surface area (Å²) in [5, 5.41) is 1.80. The molecule has 0 aliphatic carbocycles. The second-order valence-corrected chi connectivity index (χ2v) is 7.96. The smallest absolute Gasteiger partial charge is 0.338 e. The van der Waals surface area contributed by atoms with Gasteiger partial charge in [0.1, 0.15) is 0 Å². The molecule has 2 rings (SSSR count). The molecule has 29 heavy (non-hydrogen) atoms. The second-order valence-electron chi connectivity index (χ2n) is 6.28. The van der Waals surface area contributed by atoms with Gasteiger partial charge in [0.25, 0.3) is 15.9 Å². The van der Waals surface area contributed by atoms with Crippen LogP contribution in [0.5, 0.6) is 0 Å². The van der Waals surface area contributed by atoms with E-state index >= 15 is 0 Å². The highest BCUT2D eigenvalue weighted by Gasteiger charge is 2.21. The van der Waals surface area contributed by atoms with Crippen LogP contribution in [0.2, 0.25) is 0 Å². The number of amides is 3. The summed E-state index contributed by atoms with van der Waals surface area (Å²) in [6.45, 7) is 4.95. The number of esters is 1. The topological polar surface area (TPSA) is 145 Å². The number of urea groups is 1. The van der Waals surface area contributed by atoms with E-state index in [-0.39, 0.29) is 10.5 Å². The van der Waals surface area contributed by atoms with Gasteiger partial charge in [-0.05, 0) is 62.2 Å². The van der Waals surface area contributed by atoms with Crippen molar-refractivity contribution >= 4 is 33.6 Å². The lowest BCUT2D eigenvalue weighted by molar-refractivity contribution is -0.127. The fourth-order valence-electron chi connectivity index (χ4n) is 2.34. The molecule has 9 nitrogen and oxygen atoms in total. The van der Waals surface area contributed by atoms with Crippen LogP contribution < -0.4 is 15.8 Å². The molecule has 3 amide bonds. The molecule has 0 radical (unpaired) electrons. The van der Waals surface area contributed by atoms with E-state index < -0.39 is 34.0 Å². The number of hydrogen-bond donors (Lipinski definition) is 3. The summed E-state index contributed by atoms with van der Waals surface area (Å²) >= 11 is 0. The minimum absolute atomic E-state index is 0.0365. The first-order valence-electron chi connectivity index (χ1n) is 8.51. The maximum absolute atomic E-state index is 12.6. The molecule has 10 heteroatoms. The average molecular weight is 419 g/mol. The standard InChI is InChI=1S/C19H21N3O6S/c1-11-5-4-6-16(12(11)2)22-29(26,27)15-9-7-14(8-10-15)18(24)28-13(3)17(23)21-19(20)25/h4-10,13,22H,1-3H3,(H3,20,21,23,25). The first-order valence-corrected chi connectivity index (χ1v) is 10.00. The van der Waals surface area contributed by atoms with Crippen molar-refractivity contribution in [3.05, 3.63) is 59.2 Å². The Morgan fingerprint density at radius 2 is 1.66 bits per heavy atom. The van der Waals surface area contributed by atoms with Crippen LogP contribution in [-0.2, 0) is 19.6 Å². The number of nitrogens with one attached hydrogen (secondary N) is 2. The lowest BCUT2D eigenvalue weighted by Gasteiger charge is -2.13. The third kappa shape index (κ3) is 5.55. The third-order valence-corrected chi connectivity index (χ3v) is 5.53. The highest BCUT2D eigenvalue weighted by Crippen LogP contribution is 2.22. The number of primary amides is 1. The molecule has 0 heterocycles. The lowest BCUT2D eigenvalue weighted by atomic mass is 10.1. The van der Waals surface area contributed by atoms with Crippen LogP contribution in [0, 0.1) is 13.8 Å². The van der Waals surface area contributed by atoms with Crippen molar-refractivity contribution in [2.75, 3.05) is 4.72 Å². The Hall–Kier alpha value is -3.40. The fourth-order valence-corrected chi connectivity index (χ4v) is 3.46. The summed E-state index contributed by atoms with van der Waals surface area (Å²) in [7, 11) is -3.86. The number of carbonyl (C=O) groups excluding carboxylic acids is 3. The summed E-state index contributed by atoms with van der Waals surface area (Å²) < 4.78 is 32.6. The maximum atomic E-state index is 12.6. The van der Waals surface area contributed by atoms with Crippen molar-refractivity contribution < 1.29 is 27.5 Å². The molecule has 2 aromatic carbocycles. The minimum Gasteiger partial charge on any atom is -0.449 e. The van der Waals surface area contributed by atoms with Gasteiger partial charge in [-0.3, -0.25) is 14.8 Å². The van der Waals surface area contributed by atoms with Gasteiger partial charge in [0.2, 0.25) is 0 Å². The molecule has 1 atom stereocenters. The SMILES string of the molecule is Cc1cccc(NS(=O)(=O)c2ccc(C(=O)OC(C)C(=O)NC(N)=O)cc2)c1C. The van der Waals surface area contributed by atoms with E-state index in [9.17, 15) is 22.8 Å². The van der Waals surface area contributed by atoms with E-state index in [1.165, 1.54) is 31.2 Å². The van der Waals surface area contributed by atoms with E-state index in [0.29, 0.717) is 5.69 Å². The molecule has 0 saturated heterocycles. The number of aryl methyl sites for hydroxylation is 1.